The van der Waals surface area contributed by atoms with Gasteiger partial charge in [0.1, 0.15) is 0 Å². The van der Waals surface area contributed by atoms with Gasteiger partial charge in [-0.3, -0.25) is 9.69 Å². The van der Waals surface area contributed by atoms with Crippen LogP contribution in [0, 0.1) is 0 Å². The molecule has 3 heterocycles. The fourth-order valence-electron chi connectivity index (χ4n) is 4.48. The molecule has 0 atom stereocenters. The predicted octanol–water partition coefficient (Wildman–Crippen LogP) is 2.41. The average Bonchev–Trinajstić information content (AvgIpc) is 3.02. The van der Waals surface area contributed by atoms with Crippen LogP contribution in [0.1, 0.15) is 12.0 Å². The molecule has 37 heavy (non-hydrogen) atoms. The van der Waals surface area contributed by atoms with Gasteiger partial charge in [-0.05, 0) is 43.3 Å². The van der Waals surface area contributed by atoms with E-state index in [-0.39, 0.29) is 17.2 Å². The van der Waals surface area contributed by atoms with E-state index >= 15 is 0 Å². The zero-order valence-corrected chi connectivity index (χ0v) is 21.5. The van der Waals surface area contributed by atoms with Gasteiger partial charge in [0.05, 0.1) is 35.9 Å². The van der Waals surface area contributed by atoms with Crippen LogP contribution in [-0.2, 0) is 26.0 Å². The first-order chi connectivity index (χ1) is 17.9. The van der Waals surface area contributed by atoms with Crippen LogP contribution >= 0.6 is 0 Å². The molecule has 5 rings (SSSR count). The van der Waals surface area contributed by atoms with Crippen LogP contribution in [0.25, 0.3) is 11.3 Å². The number of morpholine rings is 1. The molecule has 0 spiro atoms. The second kappa shape index (κ2) is 10.9. The van der Waals surface area contributed by atoms with Crippen LogP contribution in [0.3, 0.4) is 0 Å². The molecule has 2 aliphatic heterocycles. The van der Waals surface area contributed by atoms with Gasteiger partial charge >= 0.3 is 0 Å². The Hall–Kier alpha value is -3.38. The molecular weight excluding hydrogens is 492 g/mol. The first-order valence-corrected chi connectivity index (χ1v) is 13.8. The number of ether oxygens (including phenoxy) is 1. The summed E-state index contributed by atoms with van der Waals surface area (Å²) >= 11 is 0. The van der Waals surface area contributed by atoms with E-state index in [0.717, 1.165) is 56.1 Å². The quantitative estimate of drug-likeness (QED) is 0.433. The maximum Gasteiger partial charge on any atom is 0.240 e. The molecule has 1 amide bonds. The highest BCUT2D eigenvalue weighted by atomic mass is 32.2. The Morgan fingerprint density at radius 1 is 1.05 bits per heavy atom. The molecule has 11 heteroatoms. The lowest BCUT2D eigenvalue weighted by atomic mass is 10.1. The molecule has 1 saturated heterocycles. The van der Waals surface area contributed by atoms with Crippen LogP contribution in [0.5, 0.6) is 0 Å². The molecule has 2 aliphatic rings. The largest absolute Gasteiger partial charge is 0.379 e. The maximum absolute atomic E-state index is 12.7. The second-order valence-electron chi connectivity index (χ2n) is 9.07. The maximum atomic E-state index is 12.7. The third-order valence-electron chi connectivity index (χ3n) is 6.57. The number of rotatable bonds is 8. The van der Waals surface area contributed by atoms with E-state index in [2.05, 4.69) is 19.9 Å². The Morgan fingerprint density at radius 3 is 2.59 bits per heavy atom. The van der Waals surface area contributed by atoms with Gasteiger partial charge in [-0.2, -0.15) is 0 Å². The highest BCUT2D eigenvalue weighted by Crippen LogP contribution is 2.35. The van der Waals surface area contributed by atoms with E-state index < -0.39 is 10.0 Å². The number of anilines is 3. The lowest BCUT2D eigenvalue weighted by Gasteiger charge is -2.26. The number of sulfonamides is 1. The Labute approximate surface area is 216 Å². The topological polar surface area (TPSA) is 117 Å². The normalized spacial score (nSPS) is 16.1. The van der Waals surface area contributed by atoms with E-state index in [9.17, 15) is 13.2 Å². The number of benzene rings is 2. The predicted molar refractivity (Wildman–Crippen MR) is 141 cm³/mol. The summed E-state index contributed by atoms with van der Waals surface area (Å²) in [6.45, 7) is 4.44. The summed E-state index contributed by atoms with van der Waals surface area (Å²) in [6.07, 6.45) is 2.62. The Bertz CT molecular complexity index is 1370. The van der Waals surface area contributed by atoms with E-state index in [1.54, 1.807) is 42.4 Å². The van der Waals surface area contributed by atoms with Gasteiger partial charge in [0.15, 0.2) is 0 Å². The molecule has 10 nitrogen and oxygen atoms in total. The van der Waals surface area contributed by atoms with Crippen molar-refractivity contribution in [3.63, 3.8) is 0 Å². The number of hydrogen-bond donors (Lipinski definition) is 2. The Morgan fingerprint density at radius 2 is 1.81 bits per heavy atom. The smallest absolute Gasteiger partial charge is 0.240 e. The summed E-state index contributed by atoms with van der Waals surface area (Å²) < 4.78 is 33.4. The zero-order chi connectivity index (χ0) is 25.8. The first kappa shape index (κ1) is 25.3. The number of para-hydroxylation sites is 1. The minimum absolute atomic E-state index is 0.0259. The molecule has 194 valence electrons. The van der Waals surface area contributed by atoms with Crippen molar-refractivity contribution >= 4 is 33.3 Å². The van der Waals surface area contributed by atoms with Gasteiger partial charge in [-0.15, -0.1) is 0 Å². The summed E-state index contributed by atoms with van der Waals surface area (Å²) in [5.74, 6) is 0.337. The Kier molecular flexibility index (Phi) is 7.47. The van der Waals surface area contributed by atoms with Crippen molar-refractivity contribution in [1.29, 1.82) is 0 Å². The monoisotopic (exact) mass is 522 g/mol. The number of likely N-dealkylation sites (N-methyl/N-ethyl adjacent to an activating group) is 1. The van der Waals surface area contributed by atoms with E-state index in [0.29, 0.717) is 23.9 Å². The summed E-state index contributed by atoms with van der Waals surface area (Å²) in [4.78, 5) is 25.8. The minimum Gasteiger partial charge on any atom is -0.379 e. The molecule has 1 aromatic heterocycles. The van der Waals surface area contributed by atoms with E-state index in [1.165, 1.54) is 0 Å². The number of amides is 1. The average molecular weight is 523 g/mol. The first-order valence-electron chi connectivity index (χ1n) is 12.3. The van der Waals surface area contributed by atoms with Crippen molar-refractivity contribution in [2.24, 2.45) is 0 Å². The zero-order valence-electron chi connectivity index (χ0n) is 20.7. The lowest BCUT2D eigenvalue weighted by molar-refractivity contribution is -0.117. The van der Waals surface area contributed by atoms with Crippen molar-refractivity contribution < 1.29 is 17.9 Å². The van der Waals surface area contributed by atoms with Crippen LogP contribution in [-0.4, -0.2) is 75.6 Å². The van der Waals surface area contributed by atoms with E-state index in [1.807, 2.05) is 24.3 Å². The van der Waals surface area contributed by atoms with Crippen LogP contribution < -0.4 is 14.9 Å². The molecule has 2 aromatic carbocycles. The number of fused-ring (bicyclic) bond motifs is 3. The molecular formula is C26H30N6O4S. The van der Waals surface area contributed by atoms with Gasteiger partial charge < -0.3 is 15.0 Å². The highest BCUT2D eigenvalue weighted by Gasteiger charge is 2.24. The number of aromatic nitrogens is 2. The van der Waals surface area contributed by atoms with Crippen molar-refractivity contribution in [3.8, 4) is 11.3 Å². The van der Waals surface area contributed by atoms with Crippen LogP contribution in [0.4, 0.5) is 17.3 Å². The third-order valence-corrected chi connectivity index (χ3v) is 8.05. The third kappa shape index (κ3) is 5.80. The molecule has 1 fully saturated rings. The molecule has 0 bridgehead atoms. The molecule has 2 N–H and O–H groups in total. The van der Waals surface area contributed by atoms with Gasteiger partial charge in [0.2, 0.25) is 21.9 Å². The fraction of sp³-hybridized carbons (Fsp3) is 0.346. The summed E-state index contributed by atoms with van der Waals surface area (Å²) in [5.41, 5.74) is 3.77. The number of hydrogen-bond acceptors (Lipinski definition) is 8. The standard InChI is InChI=1S/C26H30N6O4S/c1-31-23-6-3-2-5-22(23)25-19(17-24(31)33)18-27-26(30-25)29-20-7-9-21(10-8-20)37(34,35)28-11-4-12-32-13-15-36-16-14-32/h2-3,5-10,18,28H,4,11-17H2,1H3,(H,27,29,30). The summed E-state index contributed by atoms with van der Waals surface area (Å²) in [7, 11) is -1.84. The molecule has 0 saturated carbocycles. The number of carbonyl (C=O) groups is 1. The fourth-order valence-corrected chi connectivity index (χ4v) is 5.55. The molecule has 0 unspecified atom stereocenters. The SMILES string of the molecule is CN1C(=O)Cc2cnc(Nc3ccc(S(=O)(=O)NCCCN4CCOCC4)cc3)nc2-c2ccccc21. The second-order valence-corrected chi connectivity index (χ2v) is 10.8. The van der Waals surface area contributed by atoms with Crippen molar-refractivity contribution in [1.82, 2.24) is 19.6 Å². The Balaban J connectivity index is 1.25. The number of nitrogens with zero attached hydrogens (tertiary/aromatic N) is 4. The van der Waals surface area contributed by atoms with Crippen molar-refractivity contribution in [2.75, 3.05) is 56.7 Å². The summed E-state index contributed by atoms with van der Waals surface area (Å²) in [6, 6.07) is 14.1. The van der Waals surface area contributed by atoms with Gasteiger partial charge in [-0.25, -0.2) is 23.1 Å². The van der Waals surface area contributed by atoms with Gasteiger partial charge in [0, 0.05) is 49.7 Å². The molecule has 3 aromatic rings. The van der Waals surface area contributed by atoms with Crippen LogP contribution in [0.15, 0.2) is 59.6 Å². The van der Waals surface area contributed by atoms with Gasteiger partial charge in [-0.1, -0.05) is 18.2 Å². The van der Waals surface area contributed by atoms with Crippen molar-refractivity contribution in [2.45, 2.75) is 17.7 Å². The van der Waals surface area contributed by atoms with E-state index in [4.69, 9.17) is 9.72 Å². The number of carbonyl (C=O) groups excluding carboxylic acids is 1. The van der Waals surface area contributed by atoms with Crippen LogP contribution in [0.2, 0.25) is 0 Å². The number of nitrogens with one attached hydrogen (secondary N) is 2. The highest BCUT2D eigenvalue weighted by molar-refractivity contribution is 7.89. The summed E-state index contributed by atoms with van der Waals surface area (Å²) in [5, 5.41) is 3.14. The minimum atomic E-state index is -3.60. The van der Waals surface area contributed by atoms with Crippen molar-refractivity contribution in [3.05, 3.63) is 60.3 Å². The molecule has 0 radical (unpaired) electrons. The molecule has 0 aliphatic carbocycles. The van der Waals surface area contributed by atoms with Gasteiger partial charge in [0.25, 0.3) is 0 Å². The lowest BCUT2D eigenvalue weighted by Crippen LogP contribution is -2.38.